The van der Waals surface area contributed by atoms with E-state index >= 15 is 0 Å². The first-order valence-electron chi connectivity index (χ1n) is 8.03. The maximum Gasteiger partial charge on any atom is 0.130 e. The van der Waals surface area contributed by atoms with E-state index in [1.807, 2.05) is 55.3 Å². The molecule has 0 fully saturated rings. The molecule has 2 heterocycles. The van der Waals surface area contributed by atoms with Crippen LogP contribution in [-0.2, 0) is 20.6 Å². The molecule has 7 nitrogen and oxygen atoms in total. The maximum absolute atomic E-state index is 5.41. The smallest absolute Gasteiger partial charge is 0.130 e. The molecular weight excluding hydrogens is 318 g/mol. The maximum atomic E-state index is 5.41. The molecule has 0 spiro atoms. The molecule has 1 N–H and O–H groups in total. The third-order valence-electron chi connectivity index (χ3n) is 4.08. The van der Waals surface area contributed by atoms with Gasteiger partial charge in [-0.25, -0.2) is 4.98 Å². The number of hydrogen-bond donors (Lipinski definition) is 1. The first kappa shape index (κ1) is 17.0. The highest BCUT2D eigenvalue weighted by molar-refractivity contribution is 5.41. The van der Waals surface area contributed by atoms with Crippen molar-refractivity contribution in [3.8, 4) is 11.5 Å². The minimum Gasteiger partial charge on any atom is -0.497 e. The molecule has 3 rings (SSSR count). The summed E-state index contributed by atoms with van der Waals surface area (Å²) < 4.78 is 14.6. The number of benzene rings is 1. The predicted molar refractivity (Wildman–Crippen MR) is 94.6 cm³/mol. The predicted octanol–water partition coefficient (Wildman–Crippen LogP) is 2.05. The van der Waals surface area contributed by atoms with Crippen LogP contribution in [0.3, 0.4) is 0 Å². The van der Waals surface area contributed by atoms with Gasteiger partial charge in [0.1, 0.15) is 17.3 Å². The lowest BCUT2D eigenvalue weighted by Crippen LogP contribution is -2.25. The van der Waals surface area contributed by atoms with Crippen LogP contribution in [0.15, 0.2) is 42.9 Å². The summed E-state index contributed by atoms with van der Waals surface area (Å²) in [6.45, 7) is 0.623. The Bertz CT molecular complexity index is 817. The summed E-state index contributed by atoms with van der Waals surface area (Å²) in [5.74, 6) is 2.40. The number of methoxy groups -OCH3 is 2. The van der Waals surface area contributed by atoms with E-state index in [0.29, 0.717) is 6.54 Å². The first-order valence-corrected chi connectivity index (χ1v) is 8.03. The summed E-state index contributed by atoms with van der Waals surface area (Å²) >= 11 is 0. The van der Waals surface area contributed by atoms with E-state index in [9.17, 15) is 0 Å². The van der Waals surface area contributed by atoms with Crippen LogP contribution in [-0.4, -0.2) is 33.6 Å². The molecule has 0 saturated heterocycles. The van der Waals surface area contributed by atoms with Crippen molar-refractivity contribution in [2.45, 2.75) is 12.6 Å². The third-order valence-corrected chi connectivity index (χ3v) is 4.08. The molecule has 0 aliphatic heterocycles. The molecule has 1 aromatic carbocycles. The van der Waals surface area contributed by atoms with Gasteiger partial charge in [0.2, 0.25) is 0 Å². The summed E-state index contributed by atoms with van der Waals surface area (Å²) in [6.07, 6.45) is 5.66. The van der Waals surface area contributed by atoms with E-state index in [-0.39, 0.29) is 6.04 Å². The molecular formula is C18H23N5O2. The zero-order valence-electron chi connectivity index (χ0n) is 14.9. The van der Waals surface area contributed by atoms with Crippen molar-refractivity contribution in [2.75, 3.05) is 14.2 Å². The zero-order valence-corrected chi connectivity index (χ0v) is 14.9. The number of rotatable bonds is 7. The van der Waals surface area contributed by atoms with Gasteiger partial charge in [-0.1, -0.05) is 0 Å². The van der Waals surface area contributed by atoms with Gasteiger partial charge in [-0.2, -0.15) is 5.10 Å². The average Bonchev–Trinajstić information content (AvgIpc) is 3.23. The lowest BCUT2D eigenvalue weighted by atomic mass is 10.0. The summed E-state index contributed by atoms with van der Waals surface area (Å²) in [5, 5.41) is 7.97. The number of aromatic nitrogens is 4. The quantitative estimate of drug-likeness (QED) is 0.712. The number of ether oxygens (including phenoxy) is 2. The van der Waals surface area contributed by atoms with Crippen LogP contribution >= 0.6 is 0 Å². The molecule has 1 atom stereocenters. The summed E-state index contributed by atoms with van der Waals surface area (Å²) in [5.41, 5.74) is 1.98. The van der Waals surface area contributed by atoms with Crippen molar-refractivity contribution in [3.63, 3.8) is 0 Å². The number of nitrogens with one attached hydrogen (secondary N) is 1. The van der Waals surface area contributed by atoms with E-state index in [4.69, 9.17) is 9.47 Å². The van der Waals surface area contributed by atoms with E-state index in [0.717, 1.165) is 28.6 Å². The molecule has 0 aliphatic carbocycles. The Labute approximate surface area is 147 Å². The minimum absolute atomic E-state index is 0.119. The largest absolute Gasteiger partial charge is 0.497 e. The molecule has 3 aromatic rings. The molecule has 1 unspecified atom stereocenters. The SMILES string of the molecule is COc1cc(OC)cc(C(NCc2ccn(C)n2)c2nccn2C)c1. The Kier molecular flexibility index (Phi) is 5.04. The molecule has 2 aromatic heterocycles. The fourth-order valence-electron chi connectivity index (χ4n) is 2.77. The Hall–Kier alpha value is -2.80. The Morgan fingerprint density at radius 1 is 1.08 bits per heavy atom. The van der Waals surface area contributed by atoms with Gasteiger partial charge in [0.05, 0.1) is 26.0 Å². The van der Waals surface area contributed by atoms with Crippen molar-refractivity contribution in [1.29, 1.82) is 0 Å². The number of hydrogen-bond acceptors (Lipinski definition) is 5. The van der Waals surface area contributed by atoms with Crippen LogP contribution in [0.4, 0.5) is 0 Å². The van der Waals surface area contributed by atoms with Crippen LogP contribution in [0.2, 0.25) is 0 Å². The van der Waals surface area contributed by atoms with Crippen LogP contribution in [0.25, 0.3) is 0 Å². The van der Waals surface area contributed by atoms with Gasteiger partial charge in [0.25, 0.3) is 0 Å². The topological polar surface area (TPSA) is 66.1 Å². The zero-order chi connectivity index (χ0) is 17.8. The molecule has 0 amide bonds. The van der Waals surface area contributed by atoms with Crippen molar-refractivity contribution in [1.82, 2.24) is 24.6 Å². The monoisotopic (exact) mass is 341 g/mol. The molecule has 0 radical (unpaired) electrons. The molecule has 132 valence electrons. The highest BCUT2D eigenvalue weighted by atomic mass is 16.5. The van der Waals surface area contributed by atoms with Crippen LogP contribution in [0.1, 0.15) is 23.1 Å². The molecule has 7 heteroatoms. The fourth-order valence-corrected chi connectivity index (χ4v) is 2.77. The summed E-state index contributed by atoms with van der Waals surface area (Å²) in [7, 11) is 7.19. The van der Waals surface area contributed by atoms with Gasteiger partial charge >= 0.3 is 0 Å². The van der Waals surface area contributed by atoms with E-state index in [1.54, 1.807) is 25.1 Å². The van der Waals surface area contributed by atoms with Crippen molar-refractivity contribution >= 4 is 0 Å². The average molecular weight is 341 g/mol. The van der Waals surface area contributed by atoms with E-state index < -0.39 is 0 Å². The van der Waals surface area contributed by atoms with Crippen LogP contribution in [0.5, 0.6) is 11.5 Å². The fraction of sp³-hybridized carbons (Fsp3) is 0.333. The van der Waals surface area contributed by atoms with Gasteiger partial charge in [-0.3, -0.25) is 10.00 Å². The summed E-state index contributed by atoms with van der Waals surface area (Å²) in [6, 6.07) is 7.72. The van der Waals surface area contributed by atoms with Gasteiger partial charge in [-0.05, 0) is 23.8 Å². The highest BCUT2D eigenvalue weighted by Gasteiger charge is 2.20. The van der Waals surface area contributed by atoms with Crippen molar-refractivity contribution in [2.24, 2.45) is 14.1 Å². The third kappa shape index (κ3) is 3.83. The van der Waals surface area contributed by atoms with Crippen molar-refractivity contribution < 1.29 is 9.47 Å². The van der Waals surface area contributed by atoms with Crippen LogP contribution < -0.4 is 14.8 Å². The molecule has 0 aliphatic rings. The van der Waals surface area contributed by atoms with E-state index in [2.05, 4.69) is 15.4 Å². The van der Waals surface area contributed by atoms with Crippen molar-refractivity contribution in [3.05, 3.63) is 59.9 Å². The number of aryl methyl sites for hydroxylation is 2. The number of nitrogens with zero attached hydrogens (tertiary/aromatic N) is 4. The van der Waals surface area contributed by atoms with Gasteiger partial charge < -0.3 is 14.0 Å². The summed E-state index contributed by atoms with van der Waals surface area (Å²) in [4.78, 5) is 4.51. The minimum atomic E-state index is -0.119. The number of imidazole rings is 1. The van der Waals surface area contributed by atoms with Gasteiger partial charge in [-0.15, -0.1) is 0 Å². The standard InChI is InChI=1S/C18H23N5O2/c1-22-8-6-19-18(22)17(20-12-14-5-7-23(2)21-14)13-9-15(24-3)11-16(10-13)25-4/h5-11,17,20H,12H2,1-4H3. The van der Waals surface area contributed by atoms with Gasteiger partial charge in [0, 0.05) is 45.3 Å². The Morgan fingerprint density at radius 3 is 2.32 bits per heavy atom. The highest BCUT2D eigenvalue weighted by Crippen LogP contribution is 2.29. The second kappa shape index (κ2) is 7.40. The molecule has 25 heavy (non-hydrogen) atoms. The second-order valence-electron chi connectivity index (χ2n) is 5.84. The molecule has 0 saturated carbocycles. The van der Waals surface area contributed by atoms with E-state index in [1.165, 1.54) is 0 Å². The lowest BCUT2D eigenvalue weighted by molar-refractivity contribution is 0.392. The second-order valence-corrected chi connectivity index (χ2v) is 5.84. The Morgan fingerprint density at radius 2 is 1.80 bits per heavy atom. The first-order chi connectivity index (χ1) is 12.1. The van der Waals surface area contributed by atoms with Crippen LogP contribution in [0, 0.1) is 0 Å². The normalized spacial score (nSPS) is 12.2. The van der Waals surface area contributed by atoms with Gasteiger partial charge in [0.15, 0.2) is 0 Å². The molecule has 0 bridgehead atoms. The lowest BCUT2D eigenvalue weighted by Gasteiger charge is -2.20. The Balaban J connectivity index is 1.95.